The third-order valence-corrected chi connectivity index (χ3v) is 11.2. The number of carbonyl (C=O) groups excluding carboxylic acids is 4. The van der Waals surface area contributed by atoms with Crippen LogP contribution in [0.5, 0.6) is 0 Å². The monoisotopic (exact) mass is 773 g/mol. The van der Waals surface area contributed by atoms with Gasteiger partial charge in [-0.2, -0.15) is 0 Å². The van der Waals surface area contributed by atoms with Gasteiger partial charge in [0.05, 0.1) is 41.2 Å². The van der Waals surface area contributed by atoms with E-state index in [1.807, 2.05) is 49.4 Å². The summed E-state index contributed by atoms with van der Waals surface area (Å²) in [5.74, 6) is -4.10. The Hall–Kier alpha value is -4.29. The maximum absolute atomic E-state index is 15.4. The first-order valence-corrected chi connectivity index (χ1v) is 18.1. The van der Waals surface area contributed by atoms with E-state index in [-0.39, 0.29) is 19.6 Å². The van der Waals surface area contributed by atoms with Gasteiger partial charge in [0, 0.05) is 17.4 Å². The number of allylic oxidation sites excluding steroid dienone is 1. The molecule has 1 spiro atoms. The van der Waals surface area contributed by atoms with Crippen molar-refractivity contribution in [2.45, 2.75) is 49.6 Å². The molecule has 2 N–H and O–H groups in total. The number of carbonyl (C=O) groups is 4. The summed E-state index contributed by atoms with van der Waals surface area (Å²) in [6, 6.07) is 20.5. The summed E-state index contributed by atoms with van der Waals surface area (Å²) in [6.07, 6.45) is 4.88. The minimum atomic E-state index is -1.57. The van der Waals surface area contributed by atoms with Crippen LogP contribution in [-0.2, 0) is 28.7 Å². The number of amides is 3. The number of anilines is 1. The second kappa shape index (κ2) is 14.4. The third kappa shape index (κ3) is 6.20. The first kappa shape index (κ1) is 35.1. The summed E-state index contributed by atoms with van der Waals surface area (Å²) in [5, 5.41) is 14.3. The molecule has 7 rings (SSSR count). The number of benzene rings is 3. The van der Waals surface area contributed by atoms with E-state index in [0.29, 0.717) is 32.7 Å². The van der Waals surface area contributed by atoms with Crippen LogP contribution in [0.2, 0.25) is 5.02 Å². The average Bonchev–Trinajstić information content (AvgIpc) is 3.72. The van der Waals surface area contributed by atoms with E-state index < -0.39 is 72.0 Å². The second-order valence-corrected chi connectivity index (χ2v) is 14.5. The average molecular weight is 775 g/mol. The minimum Gasteiger partial charge on any atom is -0.463 e. The fraction of sp³-hybridized carbons (Fsp3) is 0.333. The Morgan fingerprint density at radius 1 is 0.980 bits per heavy atom. The number of esters is 1. The molecule has 264 valence electrons. The fourth-order valence-corrected chi connectivity index (χ4v) is 8.99. The summed E-state index contributed by atoms with van der Waals surface area (Å²) in [4.78, 5) is 60.6. The number of ether oxygens (including phenoxy) is 2. The zero-order chi connectivity index (χ0) is 35.9. The smallest absolute Gasteiger partial charge is 0.306 e. The van der Waals surface area contributed by atoms with Gasteiger partial charge in [-0.25, -0.2) is 0 Å². The highest BCUT2D eigenvalue weighted by atomic mass is 79.9. The number of aliphatic hydroxyl groups excluding tert-OH is 1. The highest BCUT2D eigenvalue weighted by Gasteiger charge is 2.75. The van der Waals surface area contributed by atoms with E-state index >= 15 is 4.79 Å². The molecular formula is C39H37BrClN3O7. The molecule has 4 aliphatic heterocycles. The van der Waals surface area contributed by atoms with E-state index in [4.69, 9.17) is 21.1 Å². The Morgan fingerprint density at radius 3 is 2.41 bits per heavy atom. The number of nitrogens with one attached hydrogen (secondary N) is 1. The van der Waals surface area contributed by atoms with Crippen LogP contribution >= 0.6 is 27.5 Å². The van der Waals surface area contributed by atoms with Crippen LogP contribution in [0.15, 0.2) is 102 Å². The van der Waals surface area contributed by atoms with Crippen LogP contribution in [0.3, 0.4) is 0 Å². The van der Waals surface area contributed by atoms with Gasteiger partial charge >= 0.3 is 5.97 Å². The maximum Gasteiger partial charge on any atom is 0.306 e. The molecule has 0 unspecified atom stereocenters. The summed E-state index contributed by atoms with van der Waals surface area (Å²) in [6.45, 7) is 1.29. The molecule has 5 bridgehead atoms. The van der Waals surface area contributed by atoms with Gasteiger partial charge < -0.3 is 29.7 Å². The standard InChI is InChI=1S/C39H37BrClN3O7/c1-23-12-11-17-27(41)33(23)43-19-10-4-9-18-30(46)50-22-28(24-13-5-2-6-14-24)42-36(47)31-32-37(48)44(29(21-45)25-15-7-3-8-16-25)35(38(43)49)39(32)20-26(40)34(31)51-39/h2-8,10-17,20,28-29,31-32,34-35,45H,9,18-19,21-22H2,1H3,(H,42,47)/b10-4-/t28-,29+,31-,32+,34-,35-,39+/m0/s1. The van der Waals surface area contributed by atoms with Gasteiger partial charge in [-0.3, -0.25) is 19.2 Å². The van der Waals surface area contributed by atoms with Crippen LogP contribution in [-0.4, -0.2) is 71.2 Å². The molecule has 2 saturated heterocycles. The van der Waals surface area contributed by atoms with E-state index in [2.05, 4.69) is 21.2 Å². The van der Waals surface area contributed by atoms with Crippen LogP contribution in [0.1, 0.15) is 41.6 Å². The van der Waals surface area contributed by atoms with Crippen molar-refractivity contribution in [1.82, 2.24) is 10.2 Å². The number of rotatable bonds is 5. The lowest BCUT2D eigenvalue weighted by Gasteiger charge is -2.39. The zero-order valence-electron chi connectivity index (χ0n) is 27.8. The van der Waals surface area contributed by atoms with Crippen LogP contribution in [0.25, 0.3) is 0 Å². The largest absolute Gasteiger partial charge is 0.463 e. The summed E-state index contributed by atoms with van der Waals surface area (Å²) < 4.78 is 12.9. The quantitative estimate of drug-likeness (QED) is 0.265. The topological polar surface area (TPSA) is 125 Å². The van der Waals surface area contributed by atoms with Crippen molar-refractivity contribution >= 4 is 56.9 Å². The van der Waals surface area contributed by atoms with Crippen molar-refractivity contribution < 1.29 is 33.8 Å². The SMILES string of the molecule is Cc1cccc(Cl)c1N1C/C=C\CCC(=O)OC[C@@H](c2ccccc2)NC(=O)[C@@H]2[C@H]3O[C@@]4(C=C3Br)[C@H](C1=O)N([C@H](CO)c1ccccc1)C(=O)[C@@H]24. The molecule has 3 aromatic carbocycles. The number of hydrogen-bond acceptors (Lipinski definition) is 7. The summed E-state index contributed by atoms with van der Waals surface area (Å²) >= 11 is 10.4. The lowest BCUT2D eigenvalue weighted by atomic mass is 9.74. The number of aryl methyl sites for hydroxylation is 1. The van der Waals surface area contributed by atoms with E-state index in [0.717, 1.165) is 5.56 Å². The minimum absolute atomic E-state index is 0.0567. The number of nitrogens with zero attached hydrogens (tertiary/aromatic N) is 2. The number of hydrogen-bond donors (Lipinski definition) is 2. The fourth-order valence-electron chi connectivity index (χ4n) is 7.93. The van der Waals surface area contributed by atoms with Gasteiger partial charge in [0.25, 0.3) is 5.91 Å². The maximum atomic E-state index is 15.4. The molecule has 7 atom stereocenters. The molecule has 10 nitrogen and oxygen atoms in total. The van der Waals surface area contributed by atoms with Gasteiger partial charge in [0.1, 0.15) is 24.4 Å². The zero-order valence-corrected chi connectivity index (χ0v) is 30.1. The highest BCUT2D eigenvalue weighted by molar-refractivity contribution is 9.11. The molecule has 2 fully saturated rings. The van der Waals surface area contributed by atoms with Crippen LogP contribution in [0, 0.1) is 18.8 Å². The lowest BCUT2D eigenvalue weighted by Crippen LogP contribution is -2.57. The predicted octanol–water partition coefficient (Wildman–Crippen LogP) is 5.34. The Balaban J connectivity index is 1.40. The van der Waals surface area contributed by atoms with Crippen LogP contribution in [0.4, 0.5) is 5.69 Å². The van der Waals surface area contributed by atoms with Crippen molar-refractivity contribution in [2.24, 2.45) is 11.8 Å². The van der Waals surface area contributed by atoms with Gasteiger partial charge in [-0.05, 0) is 42.2 Å². The van der Waals surface area contributed by atoms with E-state index in [9.17, 15) is 19.5 Å². The number of para-hydroxylation sites is 1. The molecular weight excluding hydrogens is 738 g/mol. The van der Waals surface area contributed by atoms with E-state index in [1.165, 1.54) is 9.80 Å². The van der Waals surface area contributed by atoms with Gasteiger partial charge in [-0.1, -0.05) is 112 Å². The van der Waals surface area contributed by atoms with Crippen molar-refractivity contribution in [1.29, 1.82) is 0 Å². The Morgan fingerprint density at radius 2 is 1.71 bits per heavy atom. The van der Waals surface area contributed by atoms with Crippen molar-refractivity contribution in [2.75, 3.05) is 24.7 Å². The molecule has 0 saturated carbocycles. The Kier molecular flexibility index (Phi) is 9.91. The van der Waals surface area contributed by atoms with Crippen molar-refractivity contribution in [3.63, 3.8) is 0 Å². The summed E-state index contributed by atoms with van der Waals surface area (Å²) in [5.41, 5.74) is 0.945. The van der Waals surface area contributed by atoms with Gasteiger partial charge in [0.15, 0.2) is 0 Å². The molecule has 3 amide bonds. The number of aliphatic hydroxyl groups is 1. The molecule has 0 radical (unpaired) electrons. The van der Waals surface area contributed by atoms with Gasteiger partial charge in [-0.15, -0.1) is 0 Å². The number of cyclic esters (lactones) is 1. The molecule has 12 heteroatoms. The first-order valence-electron chi connectivity index (χ1n) is 16.9. The lowest BCUT2D eigenvalue weighted by molar-refractivity contribution is -0.146. The Labute approximate surface area is 309 Å². The molecule has 51 heavy (non-hydrogen) atoms. The molecule has 4 heterocycles. The van der Waals surface area contributed by atoms with Crippen LogP contribution < -0.4 is 10.2 Å². The predicted molar refractivity (Wildman–Crippen MR) is 194 cm³/mol. The number of halogens is 2. The van der Waals surface area contributed by atoms with Crippen molar-refractivity contribution in [3.8, 4) is 0 Å². The third-order valence-electron chi connectivity index (χ3n) is 10.2. The molecule has 3 aromatic rings. The van der Waals surface area contributed by atoms with Gasteiger partial charge in [0.2, 0.25) is 11.8 Å². The second-order valence-electron chi connectivity index (χ2n) is 13.2. The number of fused-ring (bicyclic) bond motifs is 2. The Bertz CT molecular complexity index is 1890. The molecule has 0 aromatic heterocycles. The normalized spacial score (nSPS) is 29.3. The number of likely N-dealkylation sites (tertiary alicyclic amines) is 1. The first-order chi connectivity index (χ1) is 24.7. The summed E-state index contributed by atoms with van der Waals surface area (Å²) in [7, 11) is 0. The molecule has 4 aliphatic rings. The molecule has 0 aliphatic carbocycles. The van der Waals surface area contributed by atoms with Crippen molar-refractivity contribution in [3.05, 3.63) is 123 Å². The highest BCUT2D eigenvalue weighted by Crippen LogP contribution is 2.60. The van der Waals surface area contributed by atoms with E-state index in [1.54, 1.807) is 54.6 Å².